The summed E-state index contributed by atoms with van der Waals surface area (Å²) in [5.41, 5.74) is 6.89. The van der Waals surface area contributed by atoms with Crippen molar-refractivity contribution < 1.29 is 9.90 Å². The van der Waals surface area contributed by atoms with Gasteiger partial charge < -0.3 is 10.8 Å². The van der Waals surface area contributed by atoms with Gasteiger partial charge >= 0.3 is 5.97 Å². The number of carboxylic acid groups (broad SMARTS) is 1. The molecule has 0 aliphatic carbocycles. The number of carbonyl (C=O) groups is 1. The average molecular weight is 267 g/mol. The number of pyridine rings is 1. The molecular weight excluding hydrogens is 258 g/mol. The molecule has 0 atom stereocenters. The first-order valence-corrected chi connectivity index (χ1v) is 6.53. The standard InChI is InChI=1S/C10H9N3O2S2/c11-6-1-2-8(12-3-6)16-4-7-5-17-9(13-7)10(14)15/h1-3,5H,4,11H2,(H,14,15). The van der Waals surface area contributed by atoms with Crippen molar-refractivity contribution in [3.05, 3.63) is 34.4 Å². The van der Waals surface area contributed by atoms with Crippen LogP contribution in [0, 0.1) is 0 Å². The van der Waals surface area contributed by atoms with Gasteiger partial charge in [-0.25, -0.2) is 14.8 Å². The highest BCUT2D eigenvalue weighted by Gasteiger charge is 2.09. The molecule has 0 bridgehead atoms. The molecule has 2 aromatic rings. The zero-order valence-electron chi connectivity index (χ0n) is 8.66. The molecule has 0 aliphatic heterocycles. The molecule has 2 heterocycles. The second-order valence-corrected chi connectivity index (χ2v) is 5.02. The minimum Gasteiger partial charge on any atom is -0.476 e. The van der Waals surface area contributed by atoms with Crippen molar-refractivity contribution in [1.82, 2.24) is 9.97 Å². The van der Waals surface area contributed by atoms with Crippen molar-refractivity contribution in [3.8, 4) is 0 Å². The molecule has 3 N–H and O–H groups in total. The maximum absolute atomic E-state index is 10.6. The minimum absolute atomic E-state index is 0.117. The summed E-state index contributed by atoms with van der Waals surface area (Å²) in [6.45, 7) is 0. The summed E-state index contributed by atoms with van der Waals surface area (Å²) in [7, 11) is 0. The summed E-state index contributed by atoms with van der Waals surface area (Å²) >= 11 is 2.62. The molecule has 88 valence electrons. The molecule has 0 radical (unpaired) electrons. The Balaban J connectivity index is 1.97. The number of nitrogen functional groups attached to an aromatic ring is 1. The number of hydrogen-bond donors (Lipinski definition) is 2. The lowest BCUT2D eigenvalue weighted by molar-refractivity contribution is 0.0696. The Morgan fingerprint density at radius 1 is 1.53 bits per heavy atom. The molecular formula is C10H9N3O2S2. The maximum atomic E-state index is 10.6. The fourth-order valence-electron chi connectivity index (χ4n) is 1.10. The molecule has 0 unspecified atom stereocenters. The number of aromatic carboxylic acids is 1. The number of nitrogens with zero attached hydrogens (tertiary/aromatic N) is 2. The van der Waals surface area contributed by atoms with E-state index in [1.807, 2.05) is 6.07 Å². The third-order valence-corrected chi connectivity index (χ3v) is 3.72. The fourth-order valence-corrected chi connectivity index (χ4v) is 2.59. The number of hydrogen-bond acceptors (Lipinski definition) is 6. The van der Waals surface area contributed by atoms with Crippen LogP contribution in [0.2, 0.25) is 0 Å². The van der Waals surface area contributed by atoms with Crippen LogP contribution in [0.5, 0.6) is 0 Å². The first-order chi connectivity index (χ1) is 8.15. The highest BCUT2D eigenvalue weighted by Crippen LogP contribution is 2.22. The topological polar surface area (TPSA) is 89.1 Å². The largest absolute Gasteiger partial charge is 0.476 e. The molecule has 0 saturated carbocycles. The zero-order valence-corrected chi connectivity index (χ0v) is 10.3. The van der Waals surface area contributed by atoms with Gasteiger partial charge in [-0.1, -0.05) is 0 Å². The third kappa shape index (κ3) is 3.18. The van der Waals surface area contributed by atoms with Gasteiger partial charge in [0.25, 0.3) is 0 Å². The van der Waals surface area contributed by atoms with Crippen molar-refractivity contribution >= 4 is 34.8 Å². The molecule has 0 amide bonds. The molecule has 17 heavy (non-hydrogen) atoms. The van der Waals surface area contributed by atoms with E-state index in [0.717, 1.165) is 22.1 Å². The van der Waals surface area contributed by atoms with E-state index in [0.29, 0.717) is 11.4 Å². The van der Waals surface area contributed by atoms with Crippen LogP contribution in [-0.2, 0) is 5.75 Å². The number of nitrogens with two attached hydrogens (primary N) is 1. The van der Waals surface area contributed by atoms with Gasteiger partial charge in [-0.3, -0.25) is 0 Å². The van der Waals surface area contributed by atoms with E-state index in [9.17, 15) is 4.79 Å². The van der Waals surface area contributed by atoms with Crippen LogP contribution in [0.25, 0.3) is 0 Å². The summed E-state index contributed by atoms with van der Waals surface area (Å²) in [5.74, 6) is -0.391. The van der Waals surface area contributed by atoms with Crippen LogP contribution in [-0.4, -0.2) is 21.0 Å². The summed E-state index contributed by atoms with van der Waals surface area (Å²) in [6, 6.07) is 3.60. The predicted octanol–water partition coefficient (Wildman–Crippen LogP) is 2.11. The lowest BCUT2D eigenvalue weighted by Gasteiger charge is -1.98. The predicted molar refractivity (Wildman–Crippen MR) is 67.3 cm³/mol. The van der Waals surface area contributed by atoms with Gasteiger partial charge in [-0.2, -0.15) is 0 Å². The van der Waals surface area contributed by atoms with Crippen LogP contribution in [0.15, 0.2) is 28.7 Å². The summed E-state index contributed by atoms with van der Waals surface area (Å²) in [6.07, 6.45) is 1.59. The first-order valence-electron chi connectivity index (χ1n) is 4.67. The van der Waals surface area contributed by atoms with E-state index in [1.165, 1.54) is 11.8 Å². The monoisotopic (exact) mass is 267 g/mol. The van der Waals surface area contributed by atoms with Crippen LogP contribution < -0.4 is 5.73 Å². The molecule has 7 heteroatoms. The van der Waals surface area contributed by atoms with Crippen LogP contribution in [0.3, 0.4) is 0 Å². The maximum Gasteiger partial charge on any atom is 0.365 e. The van der Waals surface area contributed by atoms with Gasteiger partial charge in [0.1, 0.15) is 0 Å². The second-order valence-electron chi connectivity index (χ2n) is 3.17. The molecule has 0 spiro atoms. The van der Waals surface area contributed by atoms with E-state index < -0.39 is 5.97 Å². The van der Waals surface area contributed by atoms with Crippen LogP contribution in [0.1, 0.15) is 15.5 Å². The van der Waals surface area contributed by atoms with Crippen LogP contribution in [0.4, 0.5) is 5.69 Å². The highest BCUT2D eigenvalue weighted by molar-refractivity contribution is 7.98. The number of rotatable bonds is 4. The molecule has 5 nitrogen and oxygen atoms in total. The second kappa shape index (κ2) is 5.15. The third-order valence-electron chi connectivity index (χ3n) is 1.86. The summed E-state index contributed by atoms with van der Waals surface area (Å²) < 4.78 is 0. The van der Waals surface area contributed by atoms with Crippen molar-refractivity contribution in [2.45, 2.75) is 10.8 Å². The lowest BCUT2D eigenvalue weighted by Crippen LogP contribution is -1.95. The fraction of sp³-hybridized carbons (Fsp3) is 0.100. The molecule has 0 aromatic carbocycles. The van der Waals surface area contributed by atoms with Crippen molar-refractivity contribution in [2.24, 2.45) is 0 Å². The Kier molecular flexibility index (Phi) is 3.60. The minimum atomic E-state index is -0.989. The first kappa shape index (κ1) is 11.9. The average Bonchev–Trinajstić information content (AvgIpc) is 2.77. The molecule has 2 rings (SSSR count). The Hall–Kier alpha value is -1.60. The van der Waals surface area contributed by atoms with E-state index in [4.69, 9.17) is 10.8 Å². The highest BCUT2D eigenvalue weighted by atomic mass is 32.2. The van der Waals surface area contributed by atoms with Crippen molar-refractivity contribution in [2.75, 3.05) is 5.73 Å². The Labute approximate surface area is 106 Å². The van der Waals surface area contributed by atoms with E-state index in [2.05, 4.69) is 9.97 Å². The Morgan fingerprint density at radius 3 is 2.94 bits per heavy atom. The van der Waals surface area contributed by atoms with Crippen molar-refractivity contribution in [3.63, 3.8) is 0 Å². The smallest absolute Gasteiger partial charge is 0.365 e. The molecule has 0 fully saturated rings. The Bertz CT molecular complexity index is 525. The number of carboxylic acids is 1. The van der Waals surface area contributed by atoms with E-state index >= 15 is 0 Å². The van der Waals surface area contributed by atoms with Gasteiger partial charge in [-0.15, -0.1) is 23.1 Å². The normalized spacial score (nSPS) is 10.4. The molecule has 2 aromatic heterocycles. The van der Waals surface area contributed by atoms with E-state index in [-0.39, 0.29) is 5.01 Å². The zero-order chi connectivity index (χ0) is 12.3. The number of thiazole rings is 1. The van der Waals surface area contributed by atoms with Gasteiger partial charge in [-0.05, 0) is 12.1 Å². The number of anilines is 1. The van der Waals surface area contributed by atoms with E-state index in [1.54, 1.807) is 17.6 Å². The number of thioether (sulfide) groups is 1. The van der Waals surface area contributed by atoms with Gasteiger partial charge in [0.05, 0.1) is 22.6 Å². The van der Waals surface area contributed by atoms with Crippen LogP contribution >= 0.6 is 23.1 Å². The quantitative estimate of drug-likeness (QED) is 0.825. The SMILES string of the molecule is Nc1ccc(SCc2csc(C(=O)O)n2)nc1. The number of aromatic nitrogens is 2. The molecule has 0 aliphatic rings. The van der Waals surface area contributed by atoms with Gasteiger partial charge in [0.15, 0.2) is 0 Å². The lowest BCUT2D eigenvalue weighted by atomic mass is 10.4. The van der Waals surface area contributed by atoms with Crippen molar-refractivity contribution in [1.29, 1.82) is 0 Å². The summed E-state index contributed by atoms with van der Waals surface area (Å²) in [5, 5.41) is 11.4. The molecule has 0 saturated heterocycles. The summed E-state index contributed by atoms with van der Waals surface area (Å²) in [4.78, 5) is 18.8. The van der Waals surface area contributed by atoms with Gasteiger partial charge in [0.2, 0.25) is 5.01 Å². The van der Waals surface area contributed by atoms with Gasteiger partial charge in [0, 0.05) is 11.1 Å². The Morgan fingerprint density at radius 2 is 2.35 bits per heavy atom.